The van der Waals surface area contributed by atoms with Gasteiger partial charge in [-0.25, -0.2) is 0 Å². The van der Waals surface area contributed by atoms with Crippen LogP contribution < -0.4 is 5.32 Å². The molecule has 2 heterocycles. The predicted octanol–water partition coefficient (Wildman–Crippen LogP) is 2.74. The Labute approximate surface area is 203 Å². The summed E-state index contributed by atoms with van der Waals surface area (Å²) in [4.78, 5) is 56.5. The van der Waals surface area contributed by atoms with Crippen molar-refractivity contribution in [3.8, 4) is 0 Å². The number of anilines is 1. The third kappa shape index (κ3) is 4.69. The fourth-order valence-corrected chi connectivity index (χ4v) is 4.61. The number of benzene rings is 2. The lowest BCUT2D eigenvalue weighted by atomic mass is 10.0. The molecule has 34 heavy (non-hydrogen) atoms. The molecule has 0 spiro atoms. The molecule has 2 aromatic carbocycles. The maximum Gasteiger partial charge on any atom is 0.262 e. The maximum absolute atomic E-state index is 13.4. The van der Waals surface area contributed by atoms with Crippen molar-refractivity contribution < 1.29 is 19.2 Å². The highest BCUT2D eigenvalue weighted by Crippen LogP contribution is 2.28. The maximum atomic E-state index is 13.4. The molecule has 1 N–H and O–H groups in total. The highest BCUT2D eigenvalue weighted by Gasteiger charge is 2.45. The summed E-state index contributed by atoms with van der Waals surface area (Å²) in [6.07, 6.45) is 0. The molecule has 0 radical (unpaired) electrons. The van der Waals surface area contributed by atoms with E-state index >= 15 is 0 Å². The molecule has 1 fully saturated rings. The first kappa shape index (κ1) is 23.9. The zero-order valence-corrected chi connectivity index (χ0v) is 19.9. The van der Waals surface area contributed by atoms with Crippen LogP contribution in [0.25, 0.3) is 0 Å². The molecule has 2 aliphatic heterocycles. The average molecular weight is 483 g/mol. The fraction of sp³-hybridized carbons (Fsp3) is 0.360. The summed E-state index contributed by atoms with van der Waals surface area (Å²) < 4.78 is 0. The summed E-state index contributed by atoms with van der Waals surface area (Å²) in [7, 11) is 0. The molecule has 1 unspecified atom stereocenters. The second-order valence-corrected chi connectivity index (χ2v) is 9.25. The van der Waals surface area contributed by atoms with Crippen molar-refractivity contribution in [1.82, 2.24) is 14.7 Å². The largest absolute Gasteiger partial charge is 0.338 e. The Bertz CT molecular complexity index is 1090. The van der Waals surface area contributed by atoms with Gasteiger partial charge in [-0.1, -0.05) is 49.7 Å². The number of carbonyl (C=O) groups excluding carboxylic acids is 4. The molecule has 2 aliphatic rings. The summed E-state index contributed by atoms with van der Waals surface area (Å²) >= 11 is 6.10. The second-order valence-electron chi connectivity index (χ2n) is 8.84. The van der Waals surface area contributed by atoms with E-state index in [9.17, 15) is 19.2 Å². The lowest BCUT2D eigenvalue weighted by Gasteiger charge is -2.38. The molecule has 4 amide bonds. The van der Waals surface area contributed by atoms with Crippen molar-refractivity contribution in [2.24, 2.45) is 5.92 Å². The second kappa shape index (κ2) is 9.95. The number of imide groups is 1. The van der Waals surface area contributed by atoms with Gasteiger partial charge < -0.3 is 10.2 Å². The van der Waals surface area contributed by atoms with Gasteiger partial charge in [0.15, 0.2) is 0 Å². The minimum absolute atomic E-state index is 0.180. The van der Waals surface area contributed by atoms with Gasteiger partial charge in [0.1, 0.15) is 6.04 Å². The fourth-order valence-electron chi connectivity index (χ4n) is 4.42. The van der Waals surface area contributed by atoms with Gasteiger partial charge in [0.25, 0.3) is 11.8 Å². The summed E-state index contributed by atoms with van der Waals surface area (Å²) in [5.74, 6) is -1.53. The van der Waals surface area contributed by atoms with Gasteiger partial charge in [-0.15, -0.1) is 0 Å². The van der Waals surface area contributed by atoms with Gasteiger partial charge in [0.2, 0.25) is 11.8 Å². The van der Waals surface area contributed by atoms with E-state index in [4.69, 9.17) is 11.6 Å². The number of amides is 4. The van der Waals surface area contributed by atoms with E-state index in [2.05, 4.69) is 5.32 Å². The molecular formula is C25H27ClN4O4. The molecule has 9 heteroatoms. The number of piperazine rings is 1. The van der Waals surface area contributed by atoms with Crippen LogP contribution in [0.2, 0.25) is 5.02 Å². The number of para-hydroxylation sites is 1. The van der Waals surface area contributed by atoms with Crippen LogP contribution in [0.4, 0.5) is 5.69 Å². The summed E-state index contributed by atoms with van der Waals surface area (Å²) in [5, 5.41) is 3.28. The van der Waals surface area contributed by atoms with Crippen molar-refractivity contribution in [3.05, 3.63) is 64.7 Å². The molecule has 1 atom stereocenters. The number of hydrogen-bond acceptors (Lipinski definition) is 5. The Morgan fingerprint density at radius 1 is 0.912 bits per heavy atom. The Morgan fingerprint density at radius 2 is 1.47 bits per heavy atom. The number of carbonyl (C=O) groups is 4. The van der Waals surface area contributed by atoms with E-state index in [1.165, 1.54) is 0 Å². The molecule has 0 bridgehead atoms. The third-order valence-electron chi connectivity index (χ3n) is 6.19. The van der Waals surface area contributed by atoms with E-state index in [1.54, 1.807) is 53.4 Å². The molecule has 1 saturated heterocycles. The van der Waals surface area contributed by atoms with Crippen molar-refractivity contribution in [1.29, 1.82) is 0 Å². The smallest absolute Gasteiger partial charge is 0.262 e. The van der Waals surface area contributed by atoms with E-state index in [0.29, 0.717) is 48.0 Å². The lowest BCUT2D eigenvalue weighted by molar-refractivity contribution is -0.138. The topological polar surface area (TPSA) is 90.0 Å². The number of nitrogens with zero attached hydrogens (tertiary/aromatic N) is 3. The van der Waals surface area contributed by atoms with Crippen LogP contribution in [-0.4, -0.2) is 77.1 Å². The zero-order chi connectivity index (χ0) is 24.4. The monoisotopic (exact) mass is 482 g/mol. The van der Waals surface area contributed by atoms with Crippen molar-refractivity contribution in [2.45, 2.75) is 19.9 Å². The molecule has 2 aromatic rings. The molecular weight excluding hydrogens is 456 g/mol. The predicted molar refractivity (Wildman–Crippen MR) is 129 cm³/mol. The van der Waals surface area contributed by atoms with Crippen molar-refractivity contribution in [2.75, 3.05) is 38.0 Å². The highest BCUT2D eigenvalue weighted by molar-refractivity contribution is 6.33. The Morgan fingerprint density at radius 3 is 2.03 bits per heavy atom. The van der Waals surface area contributed by atoms with Crippen LogP contribution >= 0.6 is 11.6 Å². The molecule has 0 aliphatic carbocycles. The minimum Gasteiger partial charge on any atom is -0.338 e. The minimum atomic E-state index is -0.873. The van der Waals surface area contributed by atoms with Gasteiger partial charge in [-0.05, 0) is 30.2 Å². The van der Waals surface area contributed by atoms with E-state index in [1.807, 2.05) is 18.7 Å². The molecule has 178 valence electrons. The zero-order valence-electron chi connectivity index (χ0n) is 19.2. The number of nitrogens with one attached hydrogen (secondary N) is 1. The Balaban J connectivity index is 1.37. The average Bonchev–Trinajstić information content (AvgIpc) is 3.06. The highest BCUT2D eigenvalue weighted by atomic mass is 35.5. The SMILES string of the molecule is CC(C)C(C(=O)N1CCN(CC(=O)Nc2ccccc2Cl)CC1)N1C(=O)c2ccccc2C1=O. The summed E-state index contributed by atoms with van der Waals surface area (Å²) in [6.45, 7) is 5.68. The van der Waals surface area contributed by atoms with Crippen LogP contribution in [0, 0.1) is 5.92 Å². The molecule has 0 aromatic heterocycles. The van der Waals surface area contributed by atoms with Crippen molar-refractivity contribution in [3.63, 3.8) is 0 Å². The first-order chi connectivity index (χ1) is 16.3. The Kier molecular flexibility index (Phi) is 7.00. The Hall–Kier alpha value is -3.23. The summed E-state index contributed by atoms with van der Waals surface area (Å²) in [5.41, 5.74) is 1.23. The summed E-state index contributed by atoms with van der Waals surface area (Å²) in [6, 6.07) is 12.8. The number of fused-ring (bicyclic) bond motifs is 1. The standard InChI is InChI=1S/C25H27ClN4O4/c1-16(2)22(30-23(32)17-7-3-4-8-18(17)24(30)33)25(34)29-13-11-28(12-14-29)15-21(31)27-20-10-6-5-9-19(20)26/h3-10,16,22H,11-15H2,1-2H3,(H,27,31). The van der Waals surface area contributed by atoms with Gasteiger partial charge >= 0.3 is 0 Å². The number of hydrogen-bond donors (Lipinski definition) is 1. The quantitative estimate of drug-likeness (QED) is 0.639. The van der Waals surface area contributed by atoms with E-state index < -0.39 is 17.9 Å². The van der Waals surface area contributed by atoms with Crippen LogP contribution in [0.15, 0.2) is 48.5 Å². The lowest BCUT2D eigenvalue weighted by Crippen LogP contribution is -2.58. The third-order valence-corrected chi connectivity index (χ3v) is 6.52. The van der Waals surface area contributed by atoms with Gasteiger partial charge in [-0.2, -0.15) is 0 Å². The number of halogens is 1. The van der Waals surface area contributed by atoms with Crippen molar-refractivity contribution >= 4 is 40.9 Å². The van der Waals surface area contributed by atoms with Crippen LogP contribution in [0.3, 0.4) is 0 Å². The van der Waals surface area contributed by atoms with Gasteiger partial charge in [0.05, 0.1) is 28.4 Å². The molecule has 8 nitrogen and oxygen atoms in total. The van der Waals surface area contributed by atoms with Gasteiger partial charge in [0, 0.05) is 26.2 Å². The van der Waals surface area contributed by atoms with E-state index in [-0.39, 0.29) is 24.3 Å². The van der Waals surface area contributed by atoms with Crippen LogP contribution in [0.1, 0.15) is 34.6 Å². The first-order valence-corrected chi connectivity index (χ1v) is 11.7. The van der Waals surface area contributed by atoms with E-state index in [0.717, 1.165) is 4.90 Å². The van der Waals surface area contributed by atoms with Crippen LogP contribution in [0.5, 0.6) is 0 Å². The molecule has 4 rings (SSSR count). The number of rotatable bonds is 6. The normalized spacial score (nSPS) is 17.2. The molecule has 0 saturated carbocycles. The van der Waals surface area contributed by atoms with Crippen LogP contribution in [-0.2, 0) is 9.59 Å². The first-order valence-electron chi connectivity index (χ1n) is 11.3. The van der Waals surface area contributed by atoms with Gasteiger partial charge in [-0.3, -0.25) is 29.0 Å².